The second-order valence-electron chi connectivity index (χ2n) is 34.0. The molecule has 4 aliphatic heterocycles. The zero-order valence-corrected chi connectivity index (χ0v) is 72.4. The molecule has 3 saturated carbocycles. The van der Waals surface area contributed by atoms with Crippen LogP contribution in [0.1, 0.15) is 127 Å². The molecule has 0 bridgehead atoms. The monoisotopic (exact) mass is 1790 g/mol. The number of fused-ring (bicyclic) bond motifs is 7. The van der Waals surface area contributed by atoms with E-state index in [9.17, 15) is 68.7 Å². The molecule has 2 saturated heterocycles. The Morgan fingerprint density at radius 3 is 1.87 bits per heavy atom. The number of aliphatic hydroxyl groups excluding tert-OH is 4. The van der Waals surface area contributed by atoms with Crippen LogP contribution in [-0.4, -0.2) is 252 Å². The Morgan fingerprint density at radius 1 is 0.620 bits per heavy atom. The number of carbonyl (C=O) groups excluding carboxylic acids is 9. The molecule has 6 aromatic carbocycles. The van der Waals surface area contributed by atoms with E-state index < -0.39 is 128 Å². The molecule has 10 N–H and O–H groups in total. The number of carboxylic acids is 1. The highest BCUT2D eigenvalue weighted by Gasteiger charge is 2.59. The summed E-state index contributed by atoms with van der Waals surface area (Å²) in [7, 11) is 2.86. The van der Waals surface area contributed by atoms with E-state index in [0.717, 1.165) is 65.7 Å². The van der Waals surface area contributed by atoms with Crippen molar-refractivity contribution in [2.24, 2.45) is 28.6 Å². The van der Waals surface area contributed by atoms with E-state index in [4.69, 9.17) is 61.6 Å². The Balaban J connectivity index is 0.633. The fourth-order valence-electron chi connectivity index (χ4n) is 17.7. The number of Topliss-reactive ketones (excluding diaryl/α,β-unsaturated/α-hetero) is 1. The van der Waals surface area contributed by atoms with Crippen LogP contribution < -0.4 is 55.3 Å². The summed E-state index contributed by atoms with van der Waals surface area (Å²) in [6, 6.07) is 29.7. The van der Waals surface area contributed by atoms with Crippen LogP contribution in [0.15, 0.2) is 128 Å². The van der Waals surface area contributed by atoms with Gasteiger partial charge in [0.2, 0.25) is 23.6 Å². The summed E-state index contributed by atoms with van der Waals surface area (Å²) in [5.41, 5.74) is 6.22. The van der Waals surface area contributed by atoms with Gasteiger partial charge in [0, 0.05) is 73.0 Å². The summed E-state index contributed by atoms with van der Waals surface area (Å²) in [5, 5.41) is 67.4. The fourth-order valence-corrected chi connectivity index (χ4v) is 17.7. The number of hydrogen-bond acceptors (Lipinski definition) is 27. The van der Waals surface area contributed by atoms with Crippen LogP contribution in [0.5, 0.6) is 23.0 Å². The molecule has 6 aromatic rings. The average Bonchev–Trinajstić information content (AvgIpc) is 1.57. The van der Waals surface area contributed by atoms with Gasteiger partial charge in [-0.3, -0.25) is 33.7 Å². The number of hydrogen-bond donors (Lipinski definition) is 10. The molecular formula is C93H110N8O28. The number of carboxylic acid groups (broad SMARTS) is 1. The molecular weight excluding hydrogens is 1680 g/mol. The molecule has 1 unspecified atom stereocenters. The lowest BCUT2D eigenvalue weighted by molar-refractivity contribution is -0.294. The number of amides is 8. The van der Waals surface area contributed by atoms with Gasteiger partial charge >= 0.3 is 24.2 Å². The van der Waals surface area contributed by atoms with Gasteiger partial charge in [0.1, 0.15) is 63.4 Å². The number of nitrogens with zero attached hydrogens (tertiary/aromatic N) is 3. The van der Waals surface area contributed by atoms with Gasteiger partial charge in [-0.25, -0.2) is 24.1 Å². The van der Waals surface area contributed by atoms with Gasteiger partial charge in [0.05, 0.1) is 103 Å². The lowest BCUT2D eigenvalue weighted by atomic mass is 9.89. The molecule has 11 atom stereocenters. The largest absolute Gasteiger partial charge is 0.493 e. The first-order chi connectivity index (χ1) is 62.2. The molecule has 36 heteroatoms. The van der Waals surface area contributed by atoms with Gasteiger partial charge in [0.25, 0.3) is 5.91 Å². The highest BCUT2D eigenvalue weighted by Crippen LogP contribution is 2.63. The molecule has 0 radical (unpaired) electrons. The SMILES string of the molecule is C=CCOC(=O)N1C[C@@H]2CC3(CC3)CC2C(=O)c2cc(OC)c(OCc3cccc(COc4cc5c(cc4OC)C(=O)N4CC6(CC6)C[C@H]4[C@H](O)N5C(=O)OCc4ccc(NC(=O)[C@H](CO[C@@H]5O[C@H](C(=O)O)[C@@H](O)[C@H](O)[C@H]5O)NC(=O)[C@@H](NC(C)=O)C(C)C)cc4NC(=O)CCOCCOCCOCCOCCNC(=O)OCC4c5ccccc5-c5ccccc54)c3)cc21. The molecule has 8 aliphatic rings. The number of alkyl carbamates (subject to hydrolysis) is 1. The first-order valence-electron chi connectivity index (χ1n) is 43.2. The topological polar surface area (TPSA) is 462 Å². The number of anilines is 4. The Kier molecular flexibility index (Phi) is 30.2. The van der Waals surface area contributed by atoms with Crippen molar-refractivity contribution in [3.8, 4) is 34.1 Å². The van der Waals surface area contributed by atoms with Gasteiger partial charge in [-0.2, -0.15) is 0 Å². The maximum absolute atomic E-state index is 15.2. The maximum atomic E-state index is 15.2. The van der Waals surface area contributed by atoms with E-state index in [0.29, 0.717) is 41.9 Å². The highest BCUT2D eigenvalue weighted by atomic mass is 16.7. The number of carbonyl (C=O) groups is 10. The van der Waals surface area contributed by atoms with E-state index in [1.54, 1.807) is 43.0 Å². The van der Waals surface area contributed by atoms with E-state index in [1.165, 1.54) is 62.5 Å². The quantitative estimate of drug-likeness (QED) is 0.00992. The predicted molar refractivity (Wildman–Crippen MR) is 461 cm³/mol. The molecule has 36 nitrogen and oxygen atoms in total. The molecule has 4 aliphatic carbocycles. The number of methoxy groups -OCH3 is 2. The smallest absolute Gasteiger partial charge is 0.416 e. The molecule has 129 heavy (non-hydrogen) atoms. The lowest BCUT2D eigenvalue weighted by Crippen LogP contribution is -2.61. The Hall–Kier alpha value is -11.8. The van der Waals surface area contributed by atoms with Crippen molar-refractivity contribution in [3.63, 3.8) is 0 Å². The molecule has 2 spiro atoms. The second-order valence-corrected chi connectivity index (χ2v) is 34.0. The van der Waals surface area contributed by atoms with Gasteiger partial charge in [0.15, 0.2) is 47.4 Å². The first-order valence-corrected chi connectivity index (χ1v) is 43.2. The first kappa shape index (κ1) is 93.3. The number of rotatable bonds is 40. The third-order valence-corrected chi connectivity index (χ3v) is 24.8. The highest BCUT2D eigenvalue weighted by molar-refractivity contribution is 6.09. The molecule has 5 fully saturated rings. The fraction of sp³-hybridized carbons (Fsp3) is 0.484. The van der Waals surface area contributed by atoms with Crippen molar-refractivity contribution >= 4 is 82.3 Å². The Morgan fingerprint density at radius 2 is 1.25 bits per heavy atom. The van der Waals surface area contributed by atoms with Crippen LogP contribution in [0.3, 0.4) is 0 Å². The number of benzene rings is 6. The number of ketones is 1. The number of aliphatic hydroxyl groups is 4. The van der Waals surface area contributed by atoms with Crippen LogP contribution in [0.4, 0.5) is 37.1 Å². The Labute approximate surface area is 744 Å². The molecule has 690 valence electrons. The van der Waals surface area contributed by atoms with Crippen LogP contribution in [0.2, 0.25) is 0 Å². The molecule has 8 amide bonds. The number of ether oxygens (including phenoxy) is 13. The average molecular weight is 1790 g/mol. The molecule has 0 aromatic heterocycles. The minimum Gasteiger partial charge on any atom is -0.493 e. The van der Waals surface area contributed by atoms with Crippen molar-refractivity contribution < 1.29 is 135 Å². The summed E-state index contributed by atoms with van der Waals surface area (Å²) in [6.07, 6.45) is -7.49. The standard InChI is InChI=1S/C93H110N8O28/c1-7-27-123-90(115)99-45-57-42-92(22-23-92)43-65(57)78(104)63-38-72(117-5)74(40-69(63)99)124-46-54-13-12-14-55(36-54)47-125-75-41-70-64(39-73(75)118-6)85(110)100-51-93(24-25-93)44-71(100)86(111)101(70)91(116)128-48-56-19-20-58(96-83(108)68(98-84(109)77(52(2)3)95-53(4)102)50-126-88-81(107)79(105)80(106)82(129-88)87(112)113)37-67(56)97-76(103)21-28-119-30-32-121-34-35-122-33-31-120-29-26-94-89(114)127-49-66-61-17-10-8-15-59(61)60-16-9-11-18-62(60)66/h7-20,36-41,52,57,65-66,68,71,77,79-82,86,88,105-107,111H,1,21-35,42-51H2,2-6H3,(H,94,114)(H,95,102)(H,96,108)(H,97,103)(H,98,109)(H,112,113)/t57-,65?,68-,71-,77-,79-,80-,81+,82-,86-,88+/m0/s1. The van der Waals surface area contributed by atoms with Gasteiger partial charge in [-0.05, 0) is 131 Å². The normalized spacial score (nSPS) is 21.6. The zero-order chi connectivity index (χ0) is 91.4. The summed E-state index contributed by atoms with van der Waals surface area (Å²) >= 11 is 0. The third kappa shape index (κ3) is 22.0. The Bertz CT molecular complexity index is 5090. The van der Waals surface area contributed by atoms with Crippen molar-refractivity contribution in [2.75, 3.05) is 127 Å². The number of nitrogens with one attached hydrogen (secondary N) is 5. The molecule has 14 rings (SSSR count). The van der Waals surface area contributed by atoms with Crippen molar-refractivity contribution in [1.29, 1.82) is 0 Å². The summed E-state index contributed by atoms with van der Waals surface area (Å²) < 4.78 is 75.6. The van der Waals surface area contributed by atoms with E-state index in [2.05, 4.69) is 45.3 Å². The van der Waals surface area contributed by atoms with Gasteiger partial charge in [-0.15, -0.1) is 0 Å². The maximum Gasteiger partial charge on any atom is 0.416 e. The van der Waals surface area contributed by atoms with Crippen molar-refractivity contribution in [1.82, 2.24) is 20.9 Å². The van der Waals surface area contributed by atoms with Crippen LogP contribution in [0, 0.1) is 28.6 Å². The van der Waals surface area contributed by atoms with Crippen molar-refractivity contribution in [2.45, 2.75) is 153 Å². The van der Waals surface area contributed by atoms with Crippen molar-refractivity contribution in [3.05, 3.63) is 167 Å². The van der Waals surface area contributed by atoms with E-state index >= 15 is 4.79 Å². The summed E-state index contributed by atoms with van der Waals surface area (Å²) in [5.74, 6) is -5.62. The zero-order valence-electron chi connectivity index (χ0n) is 72.4. The molecule has 4 heterocycles. The van der Waals surface area contributed by atoms with Gasteiger partial charge in [-0.1, -0.05) is 99.3 Å². The lowest BCUT2D eigenvalue weighted by Gasteiger charge is -2.38. The summed E-state index contributed by atoms with van der Waals surface area (Å²) in [6.45, 7) is 8.68. The van der Waals surface area contributed by atoms with E-state index in [-0.39, 0.29) is 178 Å². The predicted octanol–water partition coefficient (Wildman–Crippen LogP) is 7.89. The summed E-state index contributed by atoms with van der Waals surface area (Å²) in [4.78, 5) is 142. The van der Waals surface area contributed by atoms with Crippen LogP contribution in [0.25, 0.3) is 11.1 Å². The van der Waals surface area contributed by atoms with E-state index in [1.807, 2.05) is 48.5 Å². The van der Waals surface area contributed by atoms with Gasteiger partial charge < -0.3 is 119 Å². The van der Waals surface area contributed by atoms with Crippen LogP contribution >= 0.6 is 0 Å². The minimum absolute atomic E-state index is 0.00767. The van der Waals surface area contributed by atoms with Crippen LogP contribution in [-0.2, 0) is 86.4 Å². The minimum atomic E-state index is -2.10. The number of aliphatic carboxylic acids is 1. The third-order valence-electron chi connectivity index (χ3n) is 24.8. The second kappa shape index (κ2) is 41.7.